The van der Waals surface area contributed by atoms with Crippen LogP contribution in [0.15, 0.2) is 12.1 Å². The number of amides is 1. The number of aromatic nitrogens is 1. The second-order valence-electron chi connectivity index (χ2n) is 3.81. The molecule has 1 saturated carbocycles. The van der Waals surface area contributed by atoms with Gasteiger partial charge >= 0.3 is 0 Å². The average Bonchev–Trinajstić information content (AvgIpc) is 2.71. The Morgan fingerprint density at radius 1 is 1.53 bits per heavy atom. The molecular formula is C11H14N3O. The summed E-state index contributed by atoms with van der Waals surface area (Å²) < 4.78 is 0. The van der Waals surface area contributed by atoms with Crippen LogP contribution in [0.4, 0.5) is 5.82 Å². The molecule has 0 aromatic carbocycles. The molecule has 0 spiro atoms. The Labute approximate surface area is 88.9 Å². The lowest BCUT2D eigenvalue weighted by atomic mass is 10.2. The van der Waals surface area contributed by atoms with E-state index in [-0.39, 0.29) is 5.69 Å². The number of anilines is 1. The average molecular weight is 204 g/mol. The number of carbonyl (C=O) groups is 1. The molecule has 1 aromatic heterocycles. The fourth-order valence-electron chi connectivity index (χ4n) is 1.88. The van der Waals surface area contributed by atoms with Crippen LogP contribution in [0.5, 0.6) is 0 Å². The van der Waals surface area contributed by atoms with Gasteiger partial charge in [0.2, 0.25) is 0 Å². The topological polar surface area (TPSA) is 68.0 Å². The van der Waals surface area contributed by atoms with E-state index >= 15 is 0 Å². The lowest BCUT2D eigenvalue weighted by Crippen LogP contribution is -2.18. The van der Waals surface area contributed by atoms with Crippen LogP contribution >= 0.6 is 0 Å². The first-order chi connectivity index (χ1) is 7.25. The van der Waals surface area contributed by atoms with Crippen molar-refractivity contribution >= 4 is 11.7 Å². The highest BCUT2D eigenvalue weighted by Gasteiger charge is 2.15. The van der Waals surface area contributed by atoms with Gasteiger partial charge in [0, 0.05) is 12.1 Å². The third kappa shape index (κ3) is 2.46. The van der Waals surface area contributed by atoms with E-state index in [1.54, 1.807) is 6.07 Å². The minimum Gasteiger partial charge on any atom is -0.367 e. The van der Waals surface area contributed by atoms with Crippen molar-refractivity contribution in [2.45, 2.75) is 31.7 Å². The molecule has 2 rings (SSSR count). The van der Waals surface area contributed by atoms with Crippen molar-refractivity contribution in [1.82, 2.24) is 4.98 Å². The minimum atomic E-state index is -0.537. The van der Waals surface area contributed by atoms with Gasteiger partial charge in [0.25, 0.3) is 5.91 Å². The number of pyridine rings is 1. The zero-order chi connectivity index (χ0) is 10.7. The lowest BCUT2D eigenvalue weighted by Gasteiger charge is -2.12. The molecule has 1 fully saturated rings. The fourth-order valence-corrected chi connectivity index (χ4v) is 1.88. The second-order valence-corrected chi connectivity index (χ2v) is 3.81. The van der Waals surface area contributed by atoms with Gasteiger partial charge < -0.3 is 11.1 Å². The van der Waals surface area contributed by atoms with E-state index in [4.69, 9.17) is 5.73 Å². The number of carbonyl (C=O) groups excluding carboxylic acids is 1. The molecule has 1 aromatic rings. The Kier molecular flexibility index (Phi) is 2.85. The molecule has 0 atom stereocenters. The first kappa shape index (κ1) is 9.96. The third-order valence-electron chi connectivity index (χ3n) is 2.63. The Bertz CT molecular complexity index is 359. The number of nitrogens with two attached hydrogens (primary N) is 1. The van der Waals surface area contributed by atoms with E-state index < -0.39 is 5.91 Å². The summed E-state index contributed by atoms with van der Waals surface area (Å²) in [6.07, 6.45) is 4.87. The molecule has 0 aliphatic heterocycles. The van der Waals surface area contributed by atoms with Crippen molar-refractivity contribution in [2.75, 3.05) is 5.32 Å². The molecule has 1 radical (unpaired) electrons. The van der Waals surface area contributed by atoms with Gasteiger partial charge in [-0.1, -0.05) is 12.8 Å². The summed E-state index contributed by atoms with van der Waals surface area (Å²) in [4.78, 5) is 15.0. The number of hydrogen-bond donors (Lipinski definition) is 2. The van der Waals surface area contributed by atoms with E-state index in [1.165, 1.54) is 25.7 Å². The van der Waals surface area contributed by atoms with Crippen LogP contribution in [0.2, 0.25) is 0 Å². The molecule has 79 valence electrons. The van der Waals surface area contributed by atoms with Gasteiger partial charge in [-0.2, -0.15) is 0 Å². The van der Waals surface area contributed by atoms with Crippen molar-refractivity contribution in [3.63, 3.8) is 0 Å². The van der Waals surface area contributed by atoms with Gasteiger partial charge in [-0.25, -0.2) is 4.98 Å². The maximum Gasteiger partial charge on any atom is 0.268 e. The van der Waals surface area contributed by atoms with Crippen molar-refractivity contribution < 1.29 is 4.79 Å². The number of rotatable bonds is 3. The summed E-state index contributed by atoms with van der Waals surface area (Å²) in [5.41, 5.74) is 5.32. The summed E-state index contributed by atoms with van der Waals surface area (Å²) in [6, 6.07) is 6.68. The fraction of sp³-hybridized carbons (Fsp3) is 0.455. The molecule has 3 N–H and O–H groups in total. The maximum absolute atomic E-state index is 10.9. The van der Waals surface area contributed by atoms with Crippen molar-refractivity contribution in [3.8, 4) is 0 Å². The number of primary amides is 1. The molecule has 4 nitrogen and oxygen atoms in total. The maximum atomic E-state index is 10.9. The Morgan fingerprint density at radius 2 is 2.27 bits per heavy atom. The molecule has 1 aliphatic rings. The van der Waals surface area contributed by atoms with Gasteiger partial charge in [-0.05, 0) is 25.0 Å². The monoisotopic (exact) mass is 204 g/mol. The zero-order valence-electron chi connectivity index (χ0n) is 8.49. The van der Waals surface area contributed by atoms with Gasteiger partial charge in [0.15, 0.2) is 0 Å². The molecule has 0 saturated heterocycles. The largest absolute Gasteiger partial charge is 0.367 e. The predicted molar refractivity (Wildman–Crippen MR) is 57.5 cm³/mol. The Balaban J connectivity index is 2.07. The van der Waals surface area contributed by atoms with E-state index in [0.29, 0.717) is 6.04 Å². The van der Waals surface area contributed by atoms with E-state index in [1.807, 2.05) is 6.07 Å². The summed E-state index contributed by atoms with van der Waals surface area (Å²) in [7, 11) is 0. The molecule has 1 aliphatic carbocycles. The molecule has 1 amide bonds. The van der Waals surface area contributed by atoms with Crippen LogP contribution in [0.3, 0.4) is 0 Å². The molecular weight excluding hydrogens is 190 g/mol. The van der Waals surface area contributed by atoms with Gasteiger partial charge in [0.1, 0.15) is 11.5 Å². The summed E-state index contributed by atoms with van der Waals surface area (Å²) in [6.45, 7) is 0. The Morgan fingerprint density at radius 3 is 2.93 bits per heavy atom. The summed E-state index contributed by atoms with van der Waals surface area (Å²) in [5, 5.41) is 3.30. The van der Waals surface area contributed by atoms with E-state index in [0.717, 1.165) is 5.82 Å². The SMILES string of the molecule is NC(=O)c1[c]ccc(NC2CCCC2)n1. The first-order valence-electron chi connectivity index (χ1n) is 5.21. The highest BCUT2D eigenvalue weighted by atomic mass is 16.1. The van der Waals surface area contributed by atoms with E-state index in [9.17, 15) is 4.79 Å². The van der Waals surface area contributed by atoms with Crippen molar-refractivity contribution in [1.29, 1.82) is 0 Å². The van der Waals surface area contributed by atoms with Crippen LogP contribution in [0, 0.1) is 6.07 Å². The minimum absolute atomic E-state index is 0.193. The van der Waals surface area contributed by atoms with Crippen LogP contribution in [-0.4, -0.2) is 16.9 Å². The molecule has 0 bridgehead atoms. The van der Waals surface area contributed by atoms with Crippen molar-refractivity contribution in [2.24, 2.45) is 5.73 Å². The standard InChI is InChI=1S/C11H14N3O/c12-11(15)9-6-3-7-10(14-9)13-8-4-1-2-5-8/h3,7-8H,1-2,4-5H2,(H2,12,15)(H,13,14). The van der Waals surface area contributed by atoms with Crippen molar-refractivity contribution in [3.05, 3.63) is 23.9 Å². The summed E-state index contributed by atoms with van der Waals surface area (Å²) >= 11 is 0. The predicted octanol–water partition coefficient (Wildman–Crippen LogP) is 1.34. The van der Waals surface area contributed by atoms with Crippen LogP contribution in [0.25, 0.3) is 0 Å². The highest BCUT2D eigenvalue weighted by molar-refractivity contribution is 5.90. The summed E-state index contributed by atoms with van der Waals surface area (Å²) in [5.74, 6) is 0.180. The van der Waals surface area contributed by atoms with Crippen LogP contribution in [0.1, 0.15) is 36.2 Å². The number of nitrogens with zero attached hydrogens (tertiary/aromatic N) is 1. The highest BCUT2D eigenvalue weighted by Crippen LogP contribution is 2.21. The van der Waals surface area contributed by atoms with Crippen LogP contribution in [-0.2, 0) is 0 Å². The van der Waals surface area contributed by atoms with E-state index in [2.05, 4.69) is 16.4 Å². The van der Waals surface area contributed by atoms with Gasteiger partial charge in [0.05, 0.1) is 0 Å². The normalized spacial score (nSPS) is 16.5. The second kappa shape index (κ2) is 4.29. The zero-order valence-corrected chi connectivity index (χ0v) is 8.49. The third-order valence-corrected chi connectivity index (χ3v) is 2.63. The molecule has 1 heterocycles. The molecule has 4 heteroatoms. The molecule has 0 unspecified atom stereocenters. The van der Waals surface area contributed by atoms with Gasteiger partial charge in [-0.3, -0.25) is 4.79 Å². The lowest BCUT2D eigenvalue weighted by molar-refractivity contribution is 0.0995. The smallest absolute Gasteiger partial charge is 0.268 e. The van der Waals surface area contributed by atoms with Crippen LogP contribution < -0.4 is 11.1 Å². The molecule has 15 heavy (non-hydrogen) atoms. The number of nitrogens with one attached hydrogen (secondary N) is 1. The Hall–Kier alpha value is -1.58. The quantitative estimate of drug-likeness (QED) is 0.780. The first-order valence-corrected chi connectivity index (χ1v) is 5.21. The van der Waals surface area contributed by atoms with Gasteiger partial charge in [-0.15, -0.1) is 0 Å². The number of hydrogen-bond acceptors (Lipinski definition) is 3.